The molecule has 24 heavy (non-hydrogen) atoms. The van der Waals surface area contributed by atoms with Gasteiger partial charge in [0.15, 0.2) is 5.03 Å². The van der Waals surface area contributed by atoms with E-state index in [2.05, 4.69) is 9.82 Å². The fourth-order valence-electron chi connectivity index (χ4n) is 2.80. The highest BCUT2D eigenvalue weighted by atomic mass is 35.5. The zero-order valence-corrected chi connectivity index (χ0v) is 14.3. The van der Waals surface area contributed by atoms with Crippen molar-refractivity contribution in [2.45, 2.75) is 24.4 Å². The summed E-state index contributed by atoms with van der Waals surface area (Å²) in [6.45, 7) is 1.37. The van der Waals surface area contributed by atoms with Crippen LogP contribution in [0.4, 0.5) is 8.78 Å². The number of ether oxygens (including phenoxy) is 1. The number of aryl methyl sites for hydroxylation is 2. The molecule has 0 spiro atoms. The number of rotatable bonds is 4. The van der Waals surface area contributed by atoms with E-state index in [1.165, 1.54) is 14.0 Å². The minimum absolute atomic E-state index is 0.0269. The Morgan fingerprint density at radius 1 is 1.46 bits per heavy atom. The van der Waals surface area contributed by atoms with Gasteiger partial charge in [0.1, 0.15) is 12.4 Å². The predicted molar refractivity (Wildman–Crippen MR) is 82.9 cm³/mol. The molecule has 2 aromatic rings. The third-order valence-electron chi connectivity index (χ3n) is 3.75. The summed E-state index contributed by atoms with van der Waals surface area (Å²) in [6, 6.07) is 4.18. The molecule has 0 aliphatic carbocycles. The largest absolute Gasteiger partial charge is 0.491 e. The van der Waals surface area contributed by atoms with Crippen LogP contribution in [0, 0.1) is 6.92 Å². The number of nitrogens with zero attached hydrogens (tertiary/aromatic N) is 2. The van der Waals surface area contributed by atoms with Gasteiger partial charge in [0.25, 0.3) is 16.4 Å². The number of benzene rings is 1. The SMILES string of the molecule is Cc1nn(C)c(S(=O)(=O)NC2COc3cccc(Cl)c32)c1C(F)F. The summed E-state index contributed by atoms with van der Waals surface area (Å²) in [5.41, 5.74) is -0.155. The Morgan fingerprint density at radius 2 is 2.17 bits per heavy atom. The molecule has 1 atom stereocenters. The molecule has 10 heteroatoms. The van der Waals surface area contributed by atoms with Crippen LogP contribution in [0.3, 0.4) is 0 Å². The average molecular weight is 378 g/mol. The van der Waals surface area contributed by atoms with Gasteiger partial charge in [0, 0.05) is 17.6 Å². The highest BCUT2D eigenvalue weighted by molar-refractivity contribution is 7.89. The minimum Gasteiger partial charge on any atom is -0.491 e. The fraction of sp³-hybridized carbons (Fsp3) is 0.357. The molecule has 3 rings (SSSR count). The smallest absolute Gasteiger partial charge is 0.268 e. The maximum absolute atomic E-state index is 13.3. The van der Waals surface area contributed by atoms with Crippen molar-refractivity contribution in [1.82, 2.24) is 14.5 Å². The van der Waals surface area contributed by atoms with Crippen molar-refractivity contribution in [3.63, 3.8) is 0 Å². The highest BCUT2D eigenvalue weighted by Crippen LogP contribution is 2.39. The molecule has 0 radical (unpaired) electrons. The van der Waals surface area contributed by atoms with Gasteiger partial charge in [-0.05, 0) is 19.1 Å². The molecule has 1 aromatic heterocycles. The molecule has 1 N–H and O–H groups in total. The van der Waals surface area contributed by atoms with E-state index in [9.17, 15) is 17.2 Å². The van der Waals surface area contributed by atoms with Gasteiger partial charge in [-0.2, -0.15) is 9.82 Å². The molecular weight excluding hydrogens is 364 g/mol. The zero-order valence-electron chi connectivity index (χ0n) is 12.8. The number of fused-ring (bicyclic) bond motifs is 1. The van der Waals surface area contributed by atoms with Gasteiger partial charge in [0.05, 0.1) is 17.3 Å². The summed E-state index contributed by atoms with van der Waals surface area (Å²) in [5, 5.41) is 3.58. The van der Waals surface area contributed by atoms with Gasteiger partial charge in [-0.15, -0.1) is 0 Å². The van der Waals surface area contributed by atoms with E-state index in [-0.39, 0.29) is 12.3 Å². The summed E-state index contributed by atoms with van der Waals surface area (Å²) in [6.07, 6.45) is -2.96. The van der Waals surface area contributed by atoms with Gasteiger partial charge >= 0.3 is 0 Å². The summed E-state index contributed by atoms with van der Waals surface area (Å²) >= 11 is 6.10. The van der Waals surface area contributed by atoms with Crippen molar-refractivity contribution >= 4 is 21.6 Å². The Kier molecular flexibility index (Phi) is 4.27. The first-order chi connectivity index (χ1) is 11.2. The standard InChI is InChI=1S/C14H14ClF2N3O3S/c1-7-11(13(16)17)14(20(2)18-7)24(21,22)19-9-6-23-10-5-3-4-8(15)12(9)10/h3-5,9,13,19H,6H2,1-2H3. The Labute approximate surface area is 142 Å². The first kappa shape index (κ1) is 17.1. The molecule has 0 amide bonds. The predicted octanol–water partition coefficient (Wildman–Crippen LogP) is 2.73. The summed E-state index contributed by atoms with van der Waals surface area (Å²) < 4.78 is 60.6. The van der Waals surface area contributed by atoms with E-state index in [1.54, 1.807) is 18.2 Å². The third kappa shape index (κ3) is 2.76. The van der Waals surface area contributed by atoms with Gasteiger partial charge < -0.3 is 4.74 Å². The number of aromatic nitrogens is 2. The van der Waals surface area contributed by atoms with Crippen LogP contribution in [0.1, 0.15) is 29.3 Å². The normalized spacial score (nSPS) is 17.2. The van der Waals surface area contributed by atoms with E-state index >= 15 is 0 Å². The fourth-order valence-corrected chi connectivity index (χ4v) is 4.68. The summed E-state index contributed by atoms with van der Waals surface area (Å²) in [7, 11) is -2.95. The Balaban J connectivity index is 2.01. The van der Waals surface area contributed by atoms with E-state index in [0.29, 0.717) is 16.3 Å². The number of hydrogen-bond donors (Lipinski definition) is 1. The number of sulfonamides is 1. The number of hydrogen-bond acceptors (Lipinski definition) is 4. The molecule has 2 heterocycles. The number of halogens is 3. The average Bonchev–Trinajstić information content (AvgIpc) is 3.00. The number of nitrogens with one attached hydrogen (secondary N) is 1. The molecule has 1 unspecified atom stereocenters. The summed E-state index contributed by atoms with van der Waals surface area (Å²) in [4.78, 5) is 0. The molecule has 6 nitrogen and oxygen atoms in total. The van der Waals surface area contributed by atoms with Crippen LogP contribution in [0.25, 0.3) is 0 Å². The van der Waals surface area contributed by atoms with E-state index in [0.717, 1.165) is 4.68 Å². The molecule has 1 aromatic carbocycles. The second kappa shape index (κ2) is 5.98. The Morgan fingerprint density at radius 3 is 2.83 bits per heavy atom. The van der Waals surface area contributed by atoms with E-state index < -0.39 is 33.1 Å². The molecule has 0 saturated heterocycles. The lowest BCUT2D eigenvalue weighted by molar-refractivity contribution is 0.146. The highest BCUT2D eigenvalue weighted by Gasteiger charge is 2.36. The molecule has 0 fully saturated rings. The molecule has 1 aliphatic heterocycles. The van der Waals surface area contributed by atoms with Crippen LogP contribution >= 0.6 is 11.6 Å². The molecule has 1 aliphatic rings. The van der Waals surface area contributed by atoms with Crippen molar-refractivity contribution in [1.29, 1.82) is 0 Å². The van der Waals surface area contributed by atoms with Crippen LogP contribution in [0.15, 0.2) is 23.2 Å². The van der Waals surface area contributed by atoms with Crippen molar-refractivity contribution in [2.75, 3.05) is 6.61 Å². The lowest BCUT2D eigenvalue weighted by atomic mass is 10.1. The third-order valence-corrected chi connectivity index (χ3v) is 5.67. The Bertz CT molecular complexity index is 899. The van der Waals surface area contributed by atoms with Crippen molar-refractivity contribution in [3.8, 4) is 5.75 Å². The van der Waals surface area contributed by atoms with Crippen LogP contribution in [0.5, 0.6) is 5.75 Å². The van der Waals surface area contributed by atoms with Crippen LogP contribution < -0.4 is 9.46 Å². The minimum atomic E-state index is -4.26. The monoisotopic (exact) mass is 377 g/mol. The van der Waals surface area contributed by atoms with Crippen molar-refractivity contribution < 1.29 is 21.9 Å². The van der Waals surface area contributed by atoms with Crippen LogP contribution in [-0.4, -0.2) is 24.8 Å². The second-order valence-corrected chi connectivity index (χ2v) is 7.40. The first-order valence-corrected chi connectivity index (χ1v) is 8.83. The summed E-state index contributed by atoms with van der Waals surface area (Å²) in [5.74, 6) is 0.463. The van der Waals surface area contributed by atoms with Gasteiger partial charge in [0.2, 0.25) is 0 Å². The van der Waals surface area contributed by atoms with Crippen LogP contribution in [0.2, 0.25) is 5.02 Å². The Hall–Kier alpha value is -1.71. The molecular formula is C14H14ClF2N3O3S. The number of alkyl halides is 2. The lowest BCUT2D eigenvalue weighted by Crippen LogP contribution is -2.31. The van der Waals surface area contributed by atoms with Gasteiger partial charge in [-0.25, -0.2) is 17.2 Å². The molecule has 0 bridgehead atoms. The van der Waals surface area contributed by atoms with Gasteiger partial charge in [-0.1, -0.05) is 17.7 Å². The van der Waals surface area contributed by atoms with E-state index in [1.807, 2.05) is 0 Å². The van der Waals surface area contributed by atoms with Crippen molar-refractivity contribution in [2.24, 2.45) is 7.05 Å². The first-order valence-electron chi connectivity index (χ1n) is 6.97. The maximum atomic E-state index is 13.3. The topological polar surface area (TPSA) is 73.2 Å². The molecule has 0 saturated carbocycles. The zero-order chi connectivity index (χ0) is 17.6. The maximum Gasteiger partial charge on any atom is 0.268 e. The second-order valence-electron chi connectivity index (χ2n) is 5.37. The van der Waals surface area contributed by atoms with Crippen molar-refractivity contribution in [3.05, 3.63) is 40.0 Å². The van der Waals surface area contributed by atoms with Gasteiger partial charge in [-0.3, -0.25) is 4.68 Å². The quantitative estimate of drug-likeness (QED) is 0.889. The molecule has 130 valence electrons. The van der Waals surface area contributed by atoms with Crippen LogP contribution in [-0.2, 0) is 17.1 Å². The lowest BCUT2D eigenvalue weighted by Gasteiger charge is -2.14. The van der Waals surface area contributed by atoms with E-state index in [4.69, 9.17) is 16.3 Å².